The zero-order chi connectivity index (χ0) is 20.8. The number of hydrogen-bond donors (Lipinski definition) is 2. The van der Waals surface area contributed by atoms with Crippen LogP contribution < -0.4 is 10.6 Å². The smallest absolute Gasteiger partial charge is 0.246 e. The van der Waals surface area contributed by atoms with Gasteiger partial charge < -0.3 is 15.5 Å². The van der Waals surface area contributed by atoms with E-state index in [1.165, 1.54) is 6.08 Å². The van der Waals surface area contributed by atoms with Gasteiger partial charge in [-0.1, -0.05) is 6.58 Å². The van der Waals surface area contributed by atoms with E-state index in [1.807, 2.05) is 29.2 Å². The number of piperidine rings is 1. The van der Waals surface area contributed by atoms with Crippen LogP contribution >= 0.6 is 0 Å². The number of hydrogen-bond acceptors (Lipinski definition) is 7. The molecule has 152 valence electrons. The number of carbonyl (C=O) groups is 1. The molecule has 1 atom stereocenters. The van der Waals surface area contributed by atoms with Crippen molar-refractivity contribution in [3.63, 3.8) is 0 Å². The Morgan fingerprint density at radius 1 is 1.13 bits per heavy atom. The molecular weight excluding hydrogens is 378 g/mol. The van der Waals surface area contributed by atoms with Crippen LogP contribution in [-0.4, -0.2) is 49.9 Å². The van der Waals surface area contributed by atoms with E-state index in [2.05, 4.69) is 37.1 Å². The van der Waals surface area contributed by atoms with E-state index in [0.717, 1.165) is 30.6 Å². The Morgan fingerprint density at radius 2 is 1.90 bits per heavy atom. The van der Waals surface area contributed by atoms with Gasteiger partial charge in [0.25, 0.3) is 0 Å². The normalized spacial score (nSPS) is 16.0. The van der Waals surface area contributed by atoms with E-state index in [1.54, 1.807) is 30.9 Å². The van der Waals surface area contributed by atoms with Gasteiger partial charge in [-0.15, -0.1) is 0 Å². The number of aromatic nitrogens is 4. The van der Waals surface area contributed by atoms with Crippen LogP contribution in [0.15, 0.2) is 67.8 Å². The molecule has 1 aliphatic heterocycles. The van der Waals surface area contributed by atoms with Crippen molar-refractivity contribution in [3.8, 4) is 11.4 Å². The van der Waals surface area contributed by atoms with Crippen LogP contribution in [0.4, 0.5) is 17.3 Å². The molecule has 8 heteroatoms. The summed E-state index contributed by atoms with van der Waals surface area (Å²) in [5, 5.41) is 6.65. The van der Waals surface area contributed by atoms with Crippen LogP contribution in [-0.2, 0) is 4.79 Å². The fourth-order valence-electron chi connectivity index (χ4n) is 3.43. The quantitative estimate of drug-likeness (QED) is 0.612. The SMILES string of the molecule is C=CC(=O)N1CCCC(Nc2cncc(Nc3ccc(-c4ncccn4)cc3)n2)C1. The minimum Gasteiger partial charge on any atom is -0.364 e. The molecule has 3 aromatic rings. The van der Waals surface area contributed by atoms with E-state index in [0.29, 0.717) is 24.0 Å². The lowest BCUT2D eigenvalue weighted by Crippen LogP contribution is -2.44. The number of benzene rings is 1. The molecule has 0 radical (unpaired) electrons. The summed E-state index contributed by atoms with van der Waals surface area (Å²) in [5.74, 6) is 1.96. The minimum absolute atomic E-state index is 0.0349. The summed E-state index contributed by atoms with van der Waals surface area (Å²) in [4.78, 5) is 31.1. The van der Waals surface area contributed by atoms with Crippen LogP contribution in [0.5, 0.6) is 0 Å². The molecule has 0 saturated carbocycles. The lowest BCUT2D eigenvalue weighted by Gasteiger charge is -2.32. The van der Waals surface area contributed by atoms with Gasteiger partial charge in [0.1, 0.15) is 5.82 Å². The first kappa shape index (κ1) is 19.5. The molecule has 1 unspecified atom stereocenters. The van der Waals surface area contributed by atoms with Gasteiger partial charge >= 0.3 is 0 Å². The molecule has 0 aliphatic carbocycles. The molecule has 30 heavy (non-hydrogen) atoms. The third kappa shape index (κ3) is 4.78. The van der Waals surface area contributed by atoms with Gasteiger partial charge in [0.15, 0.2) is 11.6 Å². The molecule has 8 nitrogen and oxygen atoms in total. The van der Waals surface area contributed by atoms with E-state index in [9.17, 15) is 4.79 Å². The van der Waals surface area contributed by atoms with Gasteiger partial charge in [-0.2, -0.15) is 0 Å². The lowest BCUT2D eigenvalue weighted by molar-refractivity contribution is -0.127. The van der Waals surface area contributed by atoms with Crippen LogP contribution in [0.1, 0.15) is 12.8 Å². The van der Waals surface area contributed by atoms with Crippen molar-refractivity contribution in [2.45, 2.75) is 18.9 Å². The molecule has 1 aromatic carbocycles. The Labute approximate surface area is 175 Å². The van der Waals surface area contributed by atoms with Gasteiger partial charge in [0.05, 0.1) is 12.4 Å². The number of amides is 1. The summed E-state index contributed by atoms with van der Waals surface area (Å²) in [7, 11) is 0. The molecule has 0 spiro atoms. The van der Waals surface area contributed by atoms with Crippen molar-refractivity contribution < 1.29 is 4.79 Å². The number of likely N-dealkylation sites (tertiary alicyclic amines) is 1. The second-order valence-corrected chi connectivity index (χ2v) is 7.04. The molecule has 0 bridgehead atoms. The molecule has 3 heterocycles. The van der Waals surface area contributed by atoms with Gasteiger partial charge in [0.2, 0.25) is 5.91 Å². The van der Waals surface area contributed by atoms with Crippen molar-refractivity contribution >= 4 is 23.2 Å². The summed E-state index contributed by atoms with van der Waals surface area (Å²) >= 11 is 0. The van der Waals surface area contributed by atoms with E-state index in [4.69, 9.17) is 0 Å². The standard InChI is InChI=1S/C22H23N7O/c1-2-21(30)29-12-3-5-18(15-29)27-20-14-23-13-19(28-20)26-17-8-6-16(7-9-17)22-24-10-4-11-25-22/h2,4,6-11,13-14,18H,1,3,5,12,15H2,(H2,26,27,28). The maximum absolute atomic E-state index is 11.9. The van der Waals surface area contributed by atoms with Crippen LogP contribution in [0.25, 0.3) is 11.4 Å². The largest absolute Gasteiger partial charge is 0.364 e. The number of anilines is 3. The highest BCUT2D eigenvalue weighted by Gasteiger charge is 2.22. The predicted molar refractivity (Wildman–Crippen MR) is 116 cm³/mol. The van der Waals surface area contributed by atoms with Crippen LogP contribution in [0, 0.1) is 0 Å². The fraction of sp³-hybridized carbons (Fsp3) is 0.227. The van der Waals surface area contributed by atoms with Crippen molar-refractivity contribution in [2.75, 3.05) is 23.7 Å². The number of rotatable bonds is 6. The summed E-state index contributed by atoms with van der Waals surface area (Å²) in [6.07, 6.45) is 10.1. The highest BCUT2D eigenvalue weighted by Crippen LogP contribution is 2.21. The van der Waals surface area contributed by atoms with Gasteiger partial charge in [-0.3, -0.25) is 9.78 Å². The van der Waals surface area contributed by atoms with E-state index in [-0.39, 0.29) is 11.9 Å². The van der Waals surface area contributed by atoms with Crippen molar-refractivity contribution in [1.82, 2.24) is 24.8 Å². The monoisotopic (exact) mass is 401 g/mol. The van der Waals surface area contributed by atoms with Crippen molar-refractivity contribution in [2.24, 2.45) is 0 Å². The van der Waals surface area contributed by atoms with Gasteiger partial charge in [-0.25, -0.2) is 15.0 Å². The topological polar surface area (TPSA) is 95.9 Å². The molecular formula is C22H23N7O. The maximum atomic E-state index is 11.9. The third-order valence-electron chi connectivity index (χ3n) is 4.88. The summed E-state index contributed by atoms with van der Waals surface area (Å²) in [6.45, 7) is 4.97. The first-order chi connectivity index (χ1) is 14.7. The predicted octanol–water partition coefficient (Wildman–Crippen LogP) is 3.27. The number of nitrogens with one attached hydrogen (secondary N) is 2. The minimum atomic E-state index is -0.0349. The lowest BCUT2D eigenvalue weighted by atomic mass is 10.1. The van der Waals surface area contributed by atoms with E-state index >= 15 is 0 Å². The Kier molecular flexibility index (Phi) is 5.93. The highest BCUT2D eigenvalue weighted by molar-refractivity contribution is 5.87. The molecule has 1 fully saturated rings. The first-order valence-electron chi connectivity index (χ1n) is 9.85. The van der Waals surface area contributed by atoms with E-state index < -0.39 is 0 Å². The maximum Gasteiger partial charge on any atom is 0.246 e. The first-order valence-corrected chi connectivity index (χ1v) is 9.85. The van der Waals surface area contributed by atoms with Crippen molar-refractivity contribution in [3.05, 3.63) is 67.8 Å². The highest BCUT2D eigenvalue weighted by atomic mass is 16.2. The van der Waals surface area contributed by atoms with Gasteiger partial charge in [-0.05, 0) is 49.2 Å². The average molecular weight is 401 g/mol. The second-order valence-electron chi connectivity index (χ2n) is 7.04. The number of carbonyl (C=O) groups excluding carboxylic acids is 1. The zero-order valence-electron chi connectivity index (χ0n) is 16.5. The Morgan fingerprint density at radius 3 is 2.67 bits per heavy atom. The molecule has 2 N–H and O–H groups in total. The molecule has 1 amide bonds. The second kappa shape index (κ2) is 9.13. The number of nitrogens with zero attached hydrogens (tertiary/aromatic N) is 5. The average Bonchev–Trinajstić information content (AvgIpc) is 2.80. The molecule has 4 rings (SSSR count). The summed E-state index contributed by atoms with van der Waals surface area (Å²) < 4.78 is 0. The Bertz CT molecular complexity index is 1010. The Balaban J connectivity index is 1.40. The summed E-state index contributed by atoms with van der Waals surface area (Å²) in [5.41, 5.74) is 1.83. The Hall–Kier alpha value is -3.81. The molecule has 1 aliphatic rings. The van der Waals surface area contributed by atoms with Gasteiger partial charge in [0, 0.05) is 42.8 Å². The van der Waals surface area contributed by atoms with Crippen LogP contribution in [0.3, 0.4) is 0 Å². The molecule has 1 saturated heterocycles. The van der Waals surface area contributed by atoms with Crippen LogP contribution in [0.2, 0.25) is 0 Å². The van der Waals surface area contributed by atoms with Crippen molar-refractivity contribution in [1.29, 1.82) is 0 Å². The zero-order valence-corrected chi connectivity index (χ0v) is 16.5. The molecule has 2 aromatic heterocycles. The summed E-state index contributed by atoms with van der Waals surface area (Å²) in [6, 6.07) is 9.75. The third-order valence-corrected chi connectivity index (χ3v) is 4.88. The fourth-order valence-corrected chi connectivity index (χ4v) is 3.43.